The largest absolute Gasteiger partial charge is 0.454 e. The number of ether oxygens (including phenoxy) is 2. The summed E-state index contributed by atoms with van der Waals surface area (Å²) in [5, 5.41) is 3.21. The second-order valence-electron chi connectivity index (χ2n) is 4.29. The zero-order valence-corrected chi connectivity index (χ0v) is 10.5. The van der Waals surface area contributed by atoms with E-state index in [9.17, 15) is 0 Å². The van der Waals surface area contributed by atoms with Gasteiger partial charge in [0.05, 0.1) is 0 Å². The minimum Gasteiger partial charge on any atom is -0.454 e. The van der Waals surface area contributed by atoms with Gasteiger partial charge in [0.1, 0.15) is 5.82 Å². The fourth-order valence-corrected chi connectivity index (χ4v) is 1.93. The van der Waals surface area contributed by atoms with Gasteiger partial charge in [-0.25, -0.2) is 4.98 Å². The lowest BCUT2D eigenvalue weighted by molar-refractivity contribution is 0.174. The highest BCUT2D eigenvalue weighted by Crippen LogP contribution is 2.32. The van der Waals surface area contributed by atoms with Crippen LogP contribution in [0.5, 0.6) is 11.5 Å². The van der Waals surface area contributed by atoms with E-state index in [0.29, 0.717) is 12.4 Å². The van der Waals surface area contributed by atoms with E-state index in [4.69, 9.17) is 15.2 Å². The van der Waals surface area contributed by atoms with E-state index in [-0.39, 0.29) is 12.7 Å². The second kappa shape index (κ2) is 4.64. The smallest absolute Gasteiger partial charge is 0.231 e. The Morgan fingerprint density at radius 2 is 2.05 bits per heavy atom. The van der Waals surface area contributed by atoms with Gasteiger partial charge >= 0.3 is 0 Å². The lowest BCUT2D eigenvalue weighted by Gasteiger charge is -2.07. The highest BCUT2D eigenvalue weighted by Gasteiger charge is 2.13. The van der Waals surface area contributed by atoms with Gasteiger partial charge in [0, 0.05) is 18.3 Å². The Bertz CT molecular complexity index is 595. The molecule has 3 rings (SSSR count). The summed E-state index contributed by atoms with van der Waals surface area (Å²) in [6.07, 6.45) is 0. The van der Waals surface area contributed by atoms with Gasteiger partial charge in [0.15, 0.2) is 11.5 Å². The van der Waals surface area contributed by atoms with Crippen LogP contribution in [0.15, 0.2) is 24.3 Å². The van der Waals surface area contributed by atoms with Crippen LogP contribution in [0.25, 0.3) is 0 Å². The van der Waals surface area contributed by atoms with Crippen molar-refractivity contribution in [1.29, 1.82) is 0 Å². The van der Waals surface area contributed by atoms with Gasteiger partial charge < -0.3 is 20.5 Å². The third kappa shape index (κ3) is 2.52. The molecule has 0 saturated heterocycles. The molecule has 2 aromatic rings. The molecule has 1 aromatic heterocycles. The molecule has 98 valence electrons. The number of nitrogen functional groups attached to an aromatic ring is 1. The molecule has 0 bridgehead atoms. The van der Waals surface area contributed by atoms with Gasteiger partial charge in [-0.1, -0.05) is 6.07 Å². The number of hydrogen-bond acceptors (Lipinski definition) is 6. The monoisotopic (exact) mass is 258 g/mol. The Morgan fingerprint density at radius 1 is 1.21 bits per heavy atom. The third-order valence-electron chi connectivity index (χ3n) is 2.78. The maximum Gasteiger partial charge on any atom is 0.231 e. The van der Waals surface area contributed by atoms with Crippen LogP contribution in [0.2, 0.25) is 0 Å². The van der Waals surface area contributed by atoms with Crippen molar-refractivity contribution in [2.24, 2.45) is 0 Å². The van der Waals surface area contributed by atoms with Gasteiger partial charge in [-0.15, -0.1) is 0 Å². The van der Waals surface area contributed by atoms with E-state index in [1.807, 2.05) is 31.2 Å². The standard InChI is InChI=1S/C13H14N4O2/c1-8-4-12(17-13(14)16-8)15-6-9-2-3-10-11(5-9)19-7-18-10/h2-5H,6-7H2,1H3,(H3,14,15,16,17). The zero-order valence-electron chi connectivity index (χ0n) is 10.5. The molecule has 0 aliphatic carbocycles. The number of hydrogen-bond donors (Lipinski definition) is 2. The van der Waals surface area contributed by atoms with Crippen molar-refractivity contribution in [2.45, 2.75) is 13.5 Å². The fourth-order valence-electron chi connectivity index (χ4n) is 1.93. The highest BCUT2D eigenvalue weighted by atomic mass is 16.7. The molecule has 0 atom stereocenters. The summed E-state index contributed by atoms with van der Waals surface area (Å²) in [5.74, 6) is 2.54. The van der Waals surface area contributed by atoms with Crippen LogP contribution in [-0.4, -0.2) is 16.8 Å². The summed E-state index contributed by atoms with van der Waals surface area (Å²) in [6.45, 7) is 2.80. The summed E-state index contributed by atoms with van der Waals surface area (Å²) < 4.78 is 10.6. The number of benzene rings is 1. The number of aromatic nitrogens is 2. The molecule has 0 amide bonds. The highest BCUT2D eigenvalue weighted by molar-refractivity contribution is 5.46. The Balaban J connectivity index is 1.72. The molecule has 0 fully saturated rings. The normalized spacial score (nSPS) is 12.5. The summed E-state index contributed by atoms with van der Waals surface area (Å²) in [7, 11) is 0. The van der Waals surface area contributed by atoms with Gasteiger partial charge in [-0.2, -0.15) is 4.98 Å². The Hall–Kier alpha value is -2.50. The molecule has 0 radical (unpaired) electrons. The minimum atomic E-state index is 0.271. The summed E-state index contributed by atoms with van der Waals surface area (Å²) >= 11 is 0. The maximum atomic E-state index is 5.60. The van der Waals surface area contributed by atoms with Crippen molar-refractivity contribution >= 4 is 11.8 Å². The van der Waals surface area contributed by atoms with Gasteiger partial charge in [-0.3, -0.25) is 0 Å². The SMILES string of the molecule is Cc1cc(NCc2ccc3c(c2)OCO3)nc(N)n1. The Morgan fingerprint density at radius 3 is 2.89 bits per heavy atom. The van der Waals surface area contributed by atoms with Gasteiger partial charge in [-0.05, 0) is 24.6 Å². The molecule has 1 aromatic carbocycles. The molecule has 0 unspecified atom stereocenters. The molecule has 0 saturated carbocycles. The second-order valence-corrected chi connectivity index (χ2v) is 4.29. The van der Waals surface area contributed by atoms with Gasteiger partial charge in [0.2, 0.25) is 12.7 Å². The first-order valence-corrected chi connectivity index (χ1v) is 5.94. The van der Waals surface area contributed by atoms with E-state index >= 15 is 0 Å². The average Bonchev–Trinajstić information content (AvgIpc) is 2.82. The van der Waals surface area contributed by atoms with Crippen molar-refractivity contribution in [3.05, 3.63) is 35.5 Å². The number of nitrogens with two attached hydrogens (primary N) is 1. The lowest BCUT2D eigenvalue weighted by atomic mass is 10.2. The number of anilines is 2. The molecule has 1 aliphatic rings. The molecule has 1 aliphatic heterocycles. The Labute approximate surface area is 110 Å². The number of rotatable bonds is 3. The van der Waals surface area contributed by atoms with Crippen molar-refractivity contribution < 1.29 is 9.47 Å². The fraction of sp³-hybridized carbons (Fsp3) is 0.231. The predicted octanol–water partition coefficient (Wildman–Crippen LogP) is 1.71. The summed E-state index contributed by atoms with van der Waals surface area (Å²) in [4.78, 5) is 8.15. The maximum absolute atomic E-state index is 5.60. The van der Waals surface area contributed by atoms with E-state index in [2.05, 4.69) is 15.3 Å². The first-order valence-electron chi connectivity index (χ1n) is 5.94. The molecule has 19 heavy (non-hydrogen) atoms. The van der Waals surface area contributed by atoms with Crippen LogP contribution in [0, 0.1) is 6.92 Å². The molecule has 0 spiro atoms. The molecular formula is C13H14N4O2. The van der Waals surface area contributed by atoms with Crippen LogP contribution in [0.1, 0.15) is 11.3 Å². The minimum absolute atomic E-state index is 0.271. The number of nitrogens with one attached hydrogen (secondary N) is 1. The first-order chi connectivity index (χ1) is 9.20. The predicted molar refractivity (Wildman–Crippen MR) is 71.1 cm³/mol. The molecule has 6 heteroatoms. The summed E-state index contributed by atoms with van der Waals surface area (Å²) in [6, 6.07) is 7.69. The topological polar surface area (TPSA) is 82.3 Å². The van der Waals surface area contributed by atoms with Crippen molar-refractivity contribution in [1.82, 2.24) is 9.97 Å². The van der Waals surface area contributed by atoms with Crippen molar-refractivity contribution in [3.8, 4) is 11.5 Å². The third-order valence-corrected chi connectivity index (χ3v) is 2.78. The van der Waals surface area contributed by atoms with Gasteiger partial charge in [0.25, 0.3) is 0 Å². The molecule has 3 N–H and O–H groups in total. The van der Waals surface area contributed by atoms with E-state index in [1.165, 1.54) is 0 Å². The first kappa shape index (κ1) is 11.6. The number of fused-ring (bicyclic) bond motifs is 1. The molecule has 2 heterocycles. The molecular weight excluding hydrogens is 244 g/mol. The van der Waals surface area contributed by atoms with E-state index in [1.54, 1.807) is 0 Å². The Kier molecular flexibility index (Phi) is 2.83. The van der Waals surface area contributed by atoms with Crippen LogP contribution in [0.4, 0.5) is 11.8 Å². The average molecular weight is 258 g/mol. The van der Waals surface area contributed by atoms with Crippen LogP contribution < -0.4 is 20.5 Å². The zero-order chi connectivity index (χ0) is 13.2. The van der Waals surface area contributed by atoms with Crippen molar-refractivity contribution in [3.63, 3.8) is 0 Å². The number of nitrogens with zero attached hydrogens (tertiary/aromatic N) is 2. The van der Waals surface area contributed by atoms with Crippen molar-refractivity contribution in [2.75, 3.05) is 17.8 Å². The van der Waals surface area contributed by atoms with E-state index < -0.39 is 0 Å². The van der Waals surface area contributed by atoms with Crippen LogP contribution >= 0.6 is 0 Å². The summed E-state index contributed by atoms with van der Waals surface area (Å²) in [5.41, 5.74) is 7.52. The number of aryl methyl sites for hydroxylation is 1. The lowest BCUT2D eigenvalue weighted by Crippen LogP contribution is -2.05. The van der Waals surface area contributed by atoms with E-state index in [0.717, 1.165) is 22.8 Å². The molecule has 6 nitrogen and oxygen atoms in total. The quantitative estimate of drug-likeness (QED) is 0.872. The van der Waals surface area contributed by atoms with Crippen LogP contribution in [-0.2, 0) is 6.54 Å². The van der Waals surface area contributed by atoms with Crippen LogP contribution in [0.3, 0.4) is 0 Å².